The number of thioether (sulfide) groups is 1. The lowest BCUT2D eigenvalue weighted by Gasteiger charge is -2.30. The first-order valence-corrected chi connectivity index (χ1v) is 10.5. The van der Waals surface area contributed by atoms with Crippen LogP contribution in [0.15, 0.2) is 47.5 Å². The summed E-state index contributed by atoms with van der Waals surface area (Å²) < 4.78 is 0. The first-order chi connectivity index (χ1) is 13.4. The molecular weight excluding hydrogens is 441 g/mol. The highest BCUT2D eigenvalue weighted by molar-refractivity contribution is 8.15. The van der Waals surface area contributed by atoms with Gasteiger partial charge in [0.05, 0.1) is 15.7 Å². The van der Waals surface area contributed by atoms with E-state index in [9.17, 15) is 9.59 Å². The molecule has 1 fully saturated rings. The molecule has 0 aromatic heterocycles. The Morgan fingerprint density at radius 2 is 2.00 bits per heavy atom. The Hall–Kier alpha value is -1.73. The number of nitrogens with one attached hydrogen (secondary N) is 1. The molecule has 3 rings (SSSR count). The van der Waals surface area contributed by atoms with Crippen molar-refractivity contribution in [3.05, 3.63) is 57.5 Å². The lowest BCUT2D eigenvalue weighted by molar-refractivity contribution is -0.129. The Morgan fingerprint density at radius 1 is 1.21 bits per heavy atom. The van der Waals surface area contributed by atoms with Gasteiger partial charge in [0.2, 0.25) is 11.8 Å². The number of nitrogens with zero attached hydrogens (tertiary/aromatic N) is 2. The molecule has 0 spiro atoms. The Bertz CT molecular complexity index is 952. The second kappa shape index (κ2) is 9.18. The number of carbonyl (C=O) groups excluding carboxylic acids is 2. The van der Waals surface area contributed by atoms with Gasteiger partial charge in [-0.15, -0.1) is 0 Å². The molecule has 28 heavy (non-hydrogen) atoms. The van der Waals surface area contributed by atoms with Crippen LogP contribution >= 0.6 is 46.6 Å². The molecule has 0 radical (unpaired) electrons. The first kappa shape index (κ1) is 21.0. The molecule has 5 nitrogen and oxygen atoms in total. The number of aliphatic imine (C=N–C) groups is 1. The van der Waals surface area contributed by atoms with Crippen LogP contribution in [0.1, 0.15) is 13.3 Å². The van der Waals surface area contributed by atoms with Gasteiger partial charge in [-0.1, -0.05) is 52.6 Å². The van der Waals surface area contributed by atoms with E-state index in [2.05, 4.69) is 10.3 Å². The van der Waals surface area contributed by atoms with Gasteiger partial charge in [0.15, 0.2) is 5.17 Å². The predicted octanol–water partition coefficient (Wildman–Crippen LogP) is 5.63. The molecule has 9 heteroatoms. The zero-order valence-electron chi connectivity index (χ0n) is 14.8. The van der Waals surface area contributed by atoms with E-state index in [-0.39, 0.29) is 18.2 Å². The number of benzene rings is 2. The largest absolute Gasteiger partial charge is 0.325 e. The van der Waals surface area contributed by atoms with Crippen LogP contribution in [-0.2, 0) is 9.59 Å². The molecule has 0 saturated carbocycles. The van der Waals surface area contributed by atoms with E-state index in [1.807, 2.05) is 6.92 Å². The Labute approximate surface area is 182 Å². The summed E-state index contributed by atoms with van der Waals surface area (Å²) in [5, 5.41) is 3.95. The smallest absolute Gasteiger partial charge is 0.238 e. The van der Waals surface area contributed by atoms with Crippen molar-refractivity contribution < 1.29 is 9.59 Å². The van der Waals surface area contributed by atoms with E-state index in [1.54, 1.807) is 47.4 Å². The number of halogens is 3. The van der Waals surface area contributed by atoms with Gasteiger partial charge in [0, 0.05) is 23.7 Å². The second-order valence-corrected chi connectivity index (χ2v) is 8.36. The summed E-state index contributed by atoms with van der Waals surface area (Å²) in [6.07, 6.45) is 0.0886. The molecule has 1 unspecified atom stereocenters. The zero-order chi connectivity index (χ0) is 20.3. The van der Waals surface area contributed by atoms with Crippen molar-refractivity contribution in [1.29, 1.82) is 0 Å². The summed E-state index contributed by atoms with van der Waals surface area (Å²) in [6, 6.07) is 11.8. The summed E-state index contributed by atoms with van der Waals surface area (Å²) in [6.45, 7) is 2.31. The van der Waals surface area contributed by atoms with Crippen molar-refractivity contribution in [2.24, 2.45) is 4.99 Å². The number of hydrogen-bond donors (Lipinski definition) is 1. The van der Waals surface area contributed by atoms with Gasteiger partial charge >= 0.3 is 0 Å². The average Bonchev–Trinajstić information content (AvgIpc) is 2.64. The van der Waals surface area contributed by atoms with E-state index < -0.39 is 5.25 Å². The minimum absolute atomic E-state index is 0.0886. The molecule has 0 aliphatic carbocycles. The van der Waals surface area contributed by atoms with Crippen LogP contribution in [-0.4, -0.2) is 33.7 Å². The lowest BCUT2D eigenvalue weighted by atomic mass is 10.2. The van der Waals surface area contributed by atoms with Crippen molar-refractivity contribution in [2.75, 3.05) is 11.9 Å². The molecule has 2 amide bonds. The second-order valence-electron chi connectivity index (χ2n) is 5.94. The third kappa shape index (κ3) is 5.00. The minimum atomic E-state index is -0.601. The summed E-state index contributed by atoms with van der Waals surface area (Å²) >= 11 is 19.2. The van der Waals surface area contributed by atoms with Gasteiger partial charge in [0.25, 0.3) is 0 Å². The van der Waals surface area contributed by atoms with Crippen LogP contribution in [0, 0.1) is 0 Å². The van der Waals surface area contributed by atoms with Gasteiger partial charge in [-0.05, 0) is 43.3 Å². The zero-order valence-corrected chi connectivity index (χ0v) is 17.9. The molecule has 146 valence electrons. The fourth-order valence-corrected chi connectivity index (χ4v) is 4.25. The van der Waals surface area contributed by atoms with E-state index in [0.29, 0.717) is 38.2 Å². The number of hydrogen-bond acceptors (Lipinski definition) is 4. The third-order valence-corrected chi connectivity index (χ3v) is 6.13. The van der Waals surface area contributed by atoms with Crippen LogP contribution in [0.2, 0.25) is 15.1 Å². The van der Waals surface area contributed by atoms with E-state index >= 15 is 0 Å². The number of carbonyl (C=O) groups is 2. The topological polar surface area (TPSA) is 61.8 Å². The highest BCUT2D eigenvalue weighted by atomic mass is 35.5. The maximum absolute atomic E-state index is 12.7. The van der Waals surface area contributed by atoms with Gasteiger partial charge in [-0.2, -0.15) is 0 Å². The highest BCUT2D eigenvalue weighted by Gasteiger charge is 2.35. The molecule has 2 aromatic carbocycles. The summed E-state index contributed by atoms with van der Waals surface area (Å²) in [5.74, 6) is -0.440. The number of amides is 2. The molecule has 1 saturated heterocycles. The average molecular weight is 457 g/mol. The molecule has 0 bridgehead atoms. The molecule has 2 aromatic rings. The summed E-state index contributed by atoms with van der Waals surface area (Å²) in [7, 11) is 0. The van der Waals surface area contributed by atoms with E-state index in [4.69, 9.17) is 34.8 Å². The molecule has 1 N–H and O–H groups in total. The Kier molecular flexibility index (Phi) is 6.88. The maximum Gasteiger partial charge on any atom is 0.238 e. The number of rotatable bonds is 4. The van der Waals surface area contributed by atoms with Gasteiger partial charge in [-0.25, -0.2) is 4.99 Å². The normalized spacial score (nSPS) is 18.4. The predicted molar refractivity (Wildman–Crippen MR) is 117 cm³/mol. The monoisotopic (exact) mass is 455 g/mol. The molecular formula is C19H16Cl3N3O2S. The number of amidine groups is 1. The summed E-state index contributed by atoms with van der Waals surface area (Å²) in [4.78, 5) is 31.3. The van der Waals surface area contributed by atoms with Crippen molar-refractivity contribution in [1.82, 2.24) is 4.90 Å². The fourth-order valence-electron chi connectivity index (χ4n) is 2.61. The standard InChI is InChI=1S/C19H16Cl3N3O2S/c1-2-25-17(26)10-16(18(27)23-12-5-3-4-11(20)8-12)28-19(25)24-13-6-7-14(21)15(22)9-13/h3-9,16H,2,10H2,1H3,(H,23,27). The lowest BCUT2D eigenvalue weighted by Crippen LogP contribution is -2.45. The van der Waals surface area contributed by atoms with E-state index in [1.165, 1.54) is 11.8 Å². The van der Waals surface area contributed by atoms with Crippen LogP contribution in [0.3, 0.4) is 0 Å². The van der Waals surface area contributed by atoms with Gasteiger partial charge < -0.3 is 5.32 Å². The van der Waals surface area contributed by atoms with Gasteiger partial charge in [0.1, 0.15) is 5.25 Å². The quantitative estimate of drug-likeness (QED) is 0.649. The van der Waals surface area contributed by atoms with Crippen molar-refractivity contribution in [3.63, 3.8) is 0 Å². The molecule has 1 heterocycles. The van der Waals surface area contributed by atoms with Crippen LogP contribution < -0.4 is 5.32 Å². The first-order valence-electron chi connectivity index (χ1n) is 8.44. The van der Waals surface area contributed by atoms with Crippen LogP contribution in [0.25, 0.3) is 0 Å². The Balaban J connectivity index is 1.83. The Morgan fingerprint density at radius 3 is 2.68 bits per heavy atom. The number of anilines is 1. The van der Waals surface area contributed by atoms with Crippen molar-refractivity contribution >= 4 is 74.9 Å². The van der Waals surface area contributed by atoms with Crippen LogP contribution in [0.5, 0.6) is 0 Å². The maximum atomic E-state index is 12.7. The molecule has 1 aliphatic rings. The van der Waals surface area contributed by atoms with Crippen molar-refractivity contribution in [3.8, 4) is 0 Å². The summed E-state index contributed by atoms with van der Waals surface area (Å²) in [5.41, 5.74) is 1.13. The fraction of sp³-hybridized carbons (Fsp3) is 0.211. The van der Waals surface area contributed by atoms with Gasteiger partial charge in [-0.3, -0.25) is 14.5 Å². The minimum Gasteiger partial charge on any atom is -0.325 e. The van der Waals surface area contributed by atoms with Crippen LogP contribution in [0.4, 0.5) is 11.4 Å². The third-order valence-electron chi connectivity index (χ3n) is 3.97. The molecule has 1 atom stereocenters. The van der Waals surface area contributed by atoms with E-state index in [0.717, 1.165) is 0 Å². The molecule has 1 aliphatic heterocycles. The SMILES string of the molecule is CCN1C(=O)CC(C(=O)Nc2cccc(Cl)c2)SC1=Nc1ccc(Cl)c(Cl)c1. The highest BCUT2D eigenvalue weighted by Crippen LogP contribution is 2.32. The van der Waals surface area contributed by atoms with Crippen molar-refractivity contribution in [2.45, 2.75) is 18.6 Å².